The molecule has 1 fully saturated rings. The number of hydrogen-bond acceptors (Lipinski definition) is 4. The van der Waals surface area contributed by atoms with Crippen molar-refractivity contribution >= 4 is 17.5 Å². The summed E-state index contributed by atoms with van der Waals surface area (Å²) in [5.41, 5.74) is 2.09. The molecule has 1 aliphatic rings. The van der Waals surface area contributed by atoms with E-state index >= 15 is 0 Å². The summed E-state index contributed by atoms with van der Waals surface area (Å²) in [6, 6.07) is 13.8. The highest BCUT2D eigenvalue weighted by atomic mass is 16.5. The van der Waals surface area contributed by atoms with E-state index in [1.54, 1.807) is 7.11 Å². The van der Waals surface area contributed by atoms with Gasteiger partial charge >= 0.3 is 6.03 Å². The number of benzene rings is 1. The number of anilines is 2. The molecule has 0 spiro atoms. The van der Waals surface area contributed by atoms with E-state index in [-0.39, 0.29) is 12.1 Å². The van der Waals surface area contributed by atoms with Gasteiger partial charge < -0.3 is 19.9 Å². The molecule has 6 heteroatoms. The number of piperazine rings is 1. The third kappa shape index (κ3) is 4.51. The van der Waals surface area contributed by atoms with Gasteiger partial charge in [0.2, 0.25) is 5.88 Å². The fraction of sp³-hybridized carbons (Fsp3) is 0.429. The summed E-state index contributed by atoms with van der Waals surface area (Å²) in [6.45, 7) is 8.51. The van der Waals surface area contributed by atoms with Gasteiger partial charge in [0.15, 0.2) is 0 Å². The Hall–Kier alpha value is -2.76. The number of urea groups is 1. The first-order chi connectivity index (χ1) is 13.0. The van der Waals surface area contributed by atoms with E-state index in [1.807, 2.05) is 35.2 Å². The van der Waals surface area contributed by atoms with Gasteiger partial charge in [0.1, 0.15) is 5.82 Å². The molecule has 0 saturated carbocycles. The SMILES string of the molecule is COc1cccc(N2CCN(C(=O)Nc3ccc(C(C)C)cc3)C(C)C2)n1. The molecule has 0 bridgehead atoms. The molecule has 1 saturated heterocycles. The predicted octanol–water partition coefficient (Wildman–Crippen LogP) is 3.96. The van der Waals surface area contributed by atoms with Crippen LogP contribution in [0.25, 0.3) is 0 Å². The molecule has 2 aromatic rings. The zero-order chi connectivity index (χ0) is 19.4. The largest absolute Gasteiger partial charge is 0.481 e. The van der Waals surface area contributed by atoms with Crippen molar-refractivity contribution in [2.24, 2.45) is 0 Å². The van der Waals surface area contributed by atoms with Crippen LogP contribution in [0.2, 0.25) is 0 Å². The van der Waals surface area contributed by atoms with Crippen molar-refractivity contribution in [2.45, 2.75) is 32.7 Å². The van der Waals surface area contributed by atoms with Gasteiger partial charge in [-0.15, -0.1) is 0 Å². The van der Waals surface area contributed by atoms with E-state index in [1.165, 1.54) is 5.56 Å². The van der Waals surface area contributed by atoms with Crippen LogP contribution in [0.5, 0.6) is 5.88 Å². The Morgan fingerprint density at radius 1 is 1.19 bits per heavy atom. The monoisotopic (exact) mass is 368 g/mol. The Morgan fingerprint density at radius 2 is 1.93 bits per heavy atom. The summed E-state index contributed by atoms with van der Waals surface area (Å²) in [5.74, 6) is 1.96. The van der Waals surface area contributed by atoms with Crippen molar-refractivity contribution in [3.63, 3.8) is 0 Å². The zero-order valence-corrected chi connectivity index (χ0v) is 16.5. The molecule has 1 aromatic heterocycles. The Kier molecular flexibility index (Phi) is 5.84. The van der Waals surface area contributed by atoms with Crippen LogP contribution in [0.3, 0.4) is 0 Å². The molecule has 0 radical (unpaired) electrons. The number of hydrogen-bond donors (Lipinski definition) is 1. The molecule has 2 heterocycles. The topological polar surface area (TPSA) is 57.7 Å². The first-order valence-electron chi connectivity index (χ1n) is 9.41. The van der Waals surface area contributed by atoms with E-state index < -0.39 is 0 Å². The van der Waals surface area contributed by atoms with Crippen LogP contribution >= 0.6 is 0 Å². The van der Waals surface area contributed by atoms with Crippen LogP contribution in [-0.2, 0) is 0 Å². The Balaban J connectivity index is 1.61. The maximum Gasteiger partial charge on any atom is 0.322 e. The maximum atomic E-state index is 12.7. The minimum Gasteiger partial charge on any atom is -0.481 e. The number of amides is 2. The average molecular weight is 368 g/mol. The number of methoxy groups -OCH3 is 1. The number of nitrogens with one attached hydrogen (secondary N) is 1. The molecule has 3 rings (SSSR count). The van der Waals surface area contributed by atoms with Crippen LogP contribution in [0.15, 0.2) is 42.5 Å². The van der Waals surface area contributed by atoms with Crippen molar-refractivity contribution in [3.05, 3.63) is 48.0 Å². The lowest BCUT2D eigenvalue weighted by Crippen LogP contribution is -2.55. The second-order valence-electron chi connectivity index (χ2n) is 7.23. The first kappa shape index (κ1) is 19.0. The highest BCUT2D eigenvalue weighted by molar-refractivity contribution is 5.89. The highest BCUT2D eigenvalue weighted by Gasteiger charge is 2.28. The van der Waals surface area contributed by atoms with Crippen LogP contribution in [0.1, 0.15) is 32.3 Å². The number of carbonyl (C=O) groups excluding carboxylic acids is 1. The summed E-state index contributed by atoms with van der Waals surface area (Å²) in [4.78, 5) is 21.3. The molecule has 1 aliphatic heterocycles. The van der Waals surface area contributed by atoms with Gasteiger partial charge in [-0.25, -0.2) is 4.79 Å². The molecule has 1 atom stereocenters. The second kappa shape index (κ2) is 8.29. The number of nitrogens with zero attached hydrogens (tertiary/aromatic N) is 3. The van der Waals surface area contributed by atoms with Crippen LogP contribution in [0.4, 0.5) is 16.3 Å². The van der Waals surface area contributed by atoms with Gasteiger partial charge in [0.25, 0.3) is 0 Å². The van der Waals surface area contributed by atoms with Gasteiger partial charge in [-0.2, -0.15) is 4.98 Å². The van der Waals surface area contributed by atoms with E-state index in [9.17, 15) is 4.79 Å². The van der Waals surface area contributed by atoms with Gasteiger partial charge in [0.05, 0.1) is 7.11 Å². The molecule has 2 amide bonds. The van der Waals surface area contributed by atoms with Crippen molar-refractivity contribution in [2.75, 3.05) is 37.0 Å². The minimum absolute atomic E-state index is 0.0574. The fourth-order valence-electron chi connectivity index (χ4n) is 3.31. The molecular formula is C21H28N4O2. The van der Waals surface area contributed by atoms with E-state index in [0.29, 0.717) is 18.3 Å². The van der Waals surface area contributed by atoms with Gasteiger partial charge in [-0.05, 0) is 36.6 Å². The lowest BCUT2D eigenvalue weighted by atomic mass is 10.0. The fourth-order valence-corrected chi connectivity index (χ4v) is 3.31. The van der Waals surface area contributed by atoms with Crippen molar-refractivity contribution in [1.82, 2.24) is 9.88 Å². The maximum absolute atomic E-state index is 12.7. The molecule has 27 heavy (non-hydrogen) atoms. The smallest absolute Gasteiger partial charge is 0.322 e. The van der Waals surface area contributed by atoms with Crippen molar-refractivity contribution in [1.29, 1.82) is 0 Å². The zero-order valence-electron chi connectivity index (χ0n) is 16.5. The third-order valence-corrected chi connectivity index (χ3v) is 4.96. The minimum atomic E-state index is -0.0574. The molecule has 0 aliphatic carbocycles. The normalized spacial score (nSPS) is 17.1. The number of aromatic nitrogens is 1. The van der Waals surface area contributed by atoms with E-state index in [2.05, 4.69) is 48.1 Å². The number of carbonyl (C=O) groups is 1. The quantitative estimate of drug-likeness (QED) is 0.888. The van der Waals surface area contributed by atoms with Crippen LogP contribution in [0, 0.1) is 0 Å². The second-order valence-corrected chi connectivity index (χ2v) is 7.23. The summed E-state index contributed by atoms with van der Waals surface area (Å²) >= 11 is 0. The highest BCUT2D eigenvalue weighted by Crippen LogP contribution is 2.21. The van der Waals surface area contributed by atoms with Crippen molar-refractivity contribution in [3.8, 4) is 5.88 Å². The molecule has 1 unspecified atom stereocenters. The molecule has 1 N–H and O–H groups in total. The lowest BCUT2D eigenvalue weighted by Gasteiger charge is -2.40. The lowest BCUT2D eigenvalue weighted by molar-refractivity contribution is 0.184. The first-order valence-corrected chi connectivity index (χ1v) is 9.41. The average Bonchev–Trinajstić information content (AvgIpc) is 2.68. The van der Waals surface area contributed by atoms with Gasteiger partial charge in [-0.1, -0.05) is 32.0 Å². The molecule has 1 aromatic carbocycles. The summed E-state index contributed by atoms with van der Waals surface area (Å²) < 4.78 is 5.21. The van der Waals surface area contributed by atoms with Crippen molar-refractivity contribution < 1.29 is 9.53 Å². The Bertz CT molecular complexity index is 776. The van der Waals surface area contributed by atoms with Crippen LogP contribution < -0.4 is 15.0 Å². The number of rotatable bonds is 4. The van der Waals surface area contributed by atoms with E-state index in [0.717, 1.165) is 24.6 Å². The predicted molar refractivity (Wildman–Crippen MR) is 109 cm³/mol. The summed E-state index contributed by atoms with van der Waals surface area (Å²) in [5, 5.41) is 3.01. The van der Waals surface area contributed by atoms with E-state index in [4.69, 9.17) is 4.74 Å². The number of pyridine rings is 1. The van der Waals surface area contributed by atoms with Gasteiger partial charge in [0, 0.05) is 37.4 Å². The molecule has 6 nitrogen and oxygen atoms in total. The Labute approximate surface area is 161 Å². The third-order valence-electron chi connectivity index (χ3n) is 4.96. The molecular weight excluding hydrogens is 340 g/mol. The number of ether oxygens (including phenoxy) is 1. The van der Waals surface area contributed by atoms with Gasteiger partial charge in [-0.3, -0.25) is 0 Å². The van der Waals surface area contributed by atoms with Crippen LogP contribution in [-0.4, -0.2) is 48.7 Å². The molecule has 144 valence electrons. The summed E-state index contributed by atoms with van der Waals surface area (Å²) in [6.07, 6.45) is 0. The summed E-state index contributed by atoms with van der Waals surface area (Å²) in [7, 11) is 1.62. The standard InChI is InChI=1S/C21H28N4O2/c1-15(2)17-8-10-18(11-9-17)22-21(26)25-13-12-24(14-16(25)3)19-6-5-7-20(23-19)27-4/h5-11,15-16H,12-14H2,1-4H3,(H,22,26). The Morgan fingerprint density at radius 3 is 2.56 bits per heavy atom.